The fourth-order valence-electron chi connectivity index (χ4n) is 2.20. The molecule has 1 amide bonds. The lowest BCUT2D eigenvalue weighted by atomic mass is 10.1. The van der Waals surface area contributed by atoms with E-state index in [0.717, 1.165) is 35.8 Å². The average Bonchev–Trinajstić information content (AvgIpc) is 2.59. The van der Waals surface area contributed by atoms with Crippen molar-refractivity contribution in [1.29, 1.82) is 0 Å². The van der Waals surface area contributed by atoms with Gasteiger partial charge in [0.1, 0.15) is 0 Å². The summed E-state index contributed by atoms with van der Waals surface area (Å²) < 4.78 is 0. The first kappa shape index (κ1) is 17.6. The van der Waals surface area contributed by atoms with Crippen LogP contribution in [0.5, 0.6) is 0 Å². The molecular weight excluding hydrogens is 304 g/mol. The Morgan fingerprint density at radius 1 is 1.04 bits per heavy atom. The maximum Gasteiger partial charge on any atom is 0.255 e. The number of carbonyl (C=O) groups excluding carboxylic acids is 1. The molecule has 0 saturated heterocycles. The Kier molecular flexibility index (Phi) is 7.17. The second kappa shape index (κ2) is 9.38. The monoisotopic (exact) mass is 328 g/mol. The molecule has 122 valence electrons. The minimum absolute atomic E-state index is 0.0692. The molecule has 0 atom stereocenters. The van der Waals surface area contributed by atoms with Crippen LogP contribution in [0.1, 0.15) is 35.3 Å². The lowest BCUT2D eigenvalue weighted by Gasteiger charge is -2.08. The van der Waals surface area contributed by atoms with Crippen molar-refractivity contribution in [3.8, 4) is 0 Å². The smallest absolute Gasteiger partial charge is 0.255 e. The van der Waals surface area contributed by atoms with Crippen molar-refractivity contribution in [2.45, 2.75) is 26.1 Å². The number of nitrogens with one attached hydrogen (secondary N) is 2. The first-order chi connectivity index (χ1) is 11.2. The molecule has 2 rings (SSSR count). The number of benzene rings is 2. The van der Waals surface area contributed by atoms with Crippen molar-refractivity contribution in [3.05, 3.63) is 65.2 Å². The van der Waals surface area contributed by atoms with E-state index in [-0.39, 0.29) is 5.91 Å². The van der Waals surface area contributed by atoms with Crippen LogP contribution in [0.2, 0.25) is 0 Å². The van der Waals surface area contributed by atoms with Gasteiger partial charge in [-0.1, -0.05) is 38.1 Å². The second-order valence-corrected chi connectivity index (χ2v) is 6.54. The van der Waals surface area contributed by atoms with Crippen molar-refractivity contribution in [3.63, 3.8) is 0 Å². The minimum Gasteiger partial charge on any atom is -0.322 e. The van der Waals surface area contributed by atoms with Crippen LogP contribution in [-0.4, -0.2) is 18.2 Å². The third-order valence-corrected chi connectivity index (χ3v) is 4.40. The summed E-state index contributed by atoms with van der Waals surface area (Å²) in [5, 5.41) is 6.25. The van der Waals surface area contributed by atoms with Crippen LogP contribution in [0.15, 0.2) is 48.5 Å². The van der Waals surface area contributed by atoms with Crippen LogP contribution >= 0.6 is 11.8 Å². The summed E-state index contributed by atoms with van der Waals surface area (Å²) in [4.78, 5) is 12.3. The molecule has 0 heterocycles. The molecule has 0 aliphatic heterocycles. The van der Waals surface area contributed by atoms with Crippen molar-refractivity contribution in [1.82, 2.24) is 5.32 Å². The Morgan fingerprint density at radius 2 is 1.83 bits per heavy atom. The molecule has 0 aromatic heterocycles. The third kappa shape index (κ3) is 5.73. The van der Waals surface area contributed by atoms with E-state index in [2.05, 4.69) is 30.5 Å². The number of anilines is 1. The van der Waals surface area contributed by atoms with E-state index < -0.39 is 0 Å². The summed E-state index contributed by atoms with van der Waals surface area (Å²) in [6.45, 7) is 5.97. The molecule has 2 N–H and O–H groups in total. The Morgan fingerprint density at radius 3 is 2.52 bits per heavy atom. The van der Waals surface area contributed by atoms with Crippen LogP contribution in [0, 0.1) is 0 Å². The SMILES string of the molecule is CCNCc1cccc(NC(=O)c2ccc(CSCC)cc2)c1. The molecule has 0 unspecified atom stereocenters. The highest BCUT2D eigenvalue weighted by Gasteiger charge is 2.06. The molecule has 2 aromatic rings. The van der Waals surface area contributed by atoms with E-state index >= 15 is 0 Å². The Labute approximate surface area is 142 Å². The molecule has 2 aromatic carbocycles. The van der Waals surface area contributed by atoms with Gasteiger partial charge in [-0.05, 0) is 47.7 Å². The van der Waals surface area contributed by atoms with Gasteiger partial charge in [0.15, 0.2) is 0 Å². The van der Waals surface area contributed by atoms with E-state index in [0.29, 0.717) is 5.56 Å². The lowest BCUT2D eigenvalue weighted by molar-refractivity contribution is 0.102. The molecular formula is C19H24N2OS. The summed E-state index contributed by atoms with van der Waals surface area (Å²) in [5.74, 6) is 2.02. The molecule has 0 saturated carbocycles. The highest BCUT2D eigenvalue weighted by Crippen LogP contribution is 2.15. The van der Waals surface area contributed by atoms with E-state index in [1.54, 1.807) is 0 Å². The fraction of sp³-hybridized carbons (Fsp3) is 0.316. The number of hydrogen-bond acceptors (Lipinski definition) is 3. The number of amides is 1. The first-order valence-corrected chi connectivity index (χ1v) is 9.16. The number of rotatable bonds is 8. The lowest BCUT2D eigenvalue weighted by Crippen LogP contribution is -2.14. The van der Waals surface area contributed by atoms with Gasteiger partial charge in [-0.2, -0.15) is 11.8 Å². The first-order valence-electron chi connectivity index (χ1n) is 8.00. The molecule has 4 heteroatoms. The quantitative estimate of drug-likeness (QED) is 0.759. The van der Waals surface area contributed by atoms with E-state index in [4.69, 9.17) is 0 Å². The summed E-state index contributed by atoms with van der Waals surface area (Å²) in [6, 6.07) is 15.8. The Hall–Kier alpha value is -1.78. The zero-order valence-electron chi connectivity index (χ0n) is 13.8. The average molecular weight is 328 g/mol. The Bertz CT molecular complexity index is 626. The van der Waals surface area contributed by atoms with Crippen LogP contribution in [0.25, 0.3) is 0 Å². The van der Waals surface area contributed by atoms with Crippen LogP contribution in [0.3, 0.4) is 0 Å². The Balaban J connectivity index is 1.98. The number of thioether (sulfide) groups is 1. The van der Waals surface area contributed by atoms with Gasteiger partial charge in [0, 0.05) is 23.5 Å². The molecule has 0 radical (unpaired) electrons. The number of hydrogen-bond donors (Lipinski definition) is 2. The molecule has 0 spiro atoms. The van der Waals surface area contributed by atoms with Crippen LogP contribution in [0.4, 0.5) is 5.69 Å². The standard InChI is InChI=1S/C19H24N2OS/c1-3-20-13-16-6-5-7-18(12-16)21-19(22)17-10-8-15(9-11-17)14-23-4-2/h5-12,20H,3-4,13-14H2,1-2H3,(H,21,22). The predicted molar refractivity (Wildman–Crippen MR) is 100 cm³/mol. The van der Waals surface area contributed by atoms with Gasteiger partial charge in [0.25, 0.3) is 5.91 Å². The van der Waals surface area contributed by atoms with Gasteiger partial charge in [-0.3, -0.25) is 4.79 Å². The van der Waals surface area contributed by atoms with Crippen molar-refractivity contribution < 1.29 is 4.79 Å². The van der Waals surface area contributed by atoms with Gasteiger partial charge in [-0.15, -0.1) is 0 Å². The maximum atomic E-state index is 12.3. The third-order valence-electron chi connectivity index (χ3n) is 3.45. The molecule has 0 aliphatic carbocycles. The van der Waals surface area contributed by atoms with Gasteiger partial charge in [-0.25, -0.2) is 0 Å². The molecule has 23 heavy (non-hydrogen) atoms. The topological polar surface area (TPSA) is 41.1 Å². The summed E-state index contributed by atoms with van der Waals surface area (Å²) >= 11 is 1.88. The van der Waals surface area contributed by atoms with Crippen molar-refractivity contribution in [2.24, 2.45) is 0 Å². The zero-order chi connectivity index (χ0) is 16.5. The summed E-state index contributed by atoms with van der Waals surface area (Å²) in [5.41, 5.74) is 3.93. The van der Waals surface area contributed by atoms with Crippen molar-refractivity contribution >= 4 is 23.4 Å². The highest BCUT2D eigenvalue weighted by molar-refractivity contribution is 7.98. The van der Waals surface area contributed by atoms with Gasteiger partial charge < -0.3 is 10.6 Å². The van der Waals surface area contributed by atoms with E-state index in [1.165, 1.54) is 5.56 Å². The van der Waals surface area contributed by atoms with Gasteiger partial charge in [0.2, 0.25) is 0 Å². The number of carbonyl (C=O) groups is 1. The van der Waals surface area contributed by atoms with E-state index in [9.17, 15) is 4.79 Å². The normalized spacial score (nSPS) is 10.5. The van der Waals surface area contributed by atoms with Crippen molar-refractivity contribution in [2.75, 3.05) is 17.6 Å². The minimum atomic E-state index is -0.0692. The van der Waals surface area contributed by atoms with Crippen LogP contribution in [-0.2, 0) is 12.3 Å². The summed E-state index contributed by atoms with van der Waals surface area (Å²) in [7, 11) is 0. The molecule has 3 nitrogen and oxygen atoms in total. The second-order valence-electron chi connectivity index (χ2n) is 5.27. The highest BCUT2D eigenvalue weighted by atomic mass is 32.2. The van der Waals surface area contributed by atoms with E-state index in [1.807, 2.05) is 54.2 Å². The fourth-order valence-corrected chi connectivity index (χ4v) is 2.84. The van der Waals surface area contributed by atoms with Gasteiger partial charge >= 0.3 is 0 Å². The molecule has 0 aliphatic rings. The van der Waals surface area contributed by atoms with Crippen LogP contribution < -0.4 is 10.6 Å². The summed E-state index contributed by atoms with van der Waals surface area (Å²) in [6.07, 6.45) is 0. The largest absolute Gasteiger partial charge is 0.322 e. The van der Waals surface area contributed by atoms with Gasteiger partial charge in [0.05, 0.1) is 0 Å². The maximum absolute atomic E-state index is 12.3. The molecule has 0 fully saturated rings. The molecule has 0 bridgehead atoms. The predicted octanol–water partition coefficient (Wildman–Crippen LogP) is 4.30. The zero-order valence-corrected chi connectivity index (χ0v) is 14.6.